The van der Waals surface area contributed by atoms with E-state index in [1.54, 1.807) is 12.4 Å². The van der Waals surface area contributed by atoms with Gasteiger partial charge in [0.05, 0.1) is 0 Å². The zero-order valence-electron chi connectivity index (χ0n) is 9.34. The molecule has 0 unspecified atom stereocenters. The van der Waals surface area contributed by atoms with Crippen LogP contribution in [0.3, 0.4) is 0 Å². The van der Waals surface area contributed by atoms with E-state index < -0.39 is 5.97 Å². The normalized spacial score (nSPS) is 11.2. The molecule has 0 atom stereocenters. The van der Waals surface area contributed by atoms with Crippen LogP contribution in [0.5, 0.6) is 0 Å². The van der Waals surface area contributed by atoms with Gasteiger partial charge in [-0.3, -0.25) is 0 Å². The van der Waals surface area contributed by atoms with E-state index in [2.05, 4.69) is 18.8 Å². The van der Waals surface area contributed by atoms with E-state index in [-0.39, 0.29) is 5.69 Å². The molecule has 0 spiro atoms. The van der Waals surface area contributed by atoms with Crippen LogP contribution >= 0.6 is 0 Å². The molecule has 0 aromatic carbocycles. The number of nitrogens with zero attached hydrogens (tertiary/aromatic N) is 2. The Hall–Kier alpha value is -1.84. The molecule has 0 saturated heterocycles. The highest BCUT2D eigenvalue weighted by molar-refractivity contribution is 5.86. The Balaban J connectivity index is 2.42. The molecule has 0 aliphatic carbocycles. The molecule has 2 rings (SSSR count). The summed E-state index contributed by atoms with van der Waals surface area (Å²) in [6.07, 6.45) is 4.53. The standard InChI is InChI=1S/C12H14N2O2/c1-8(2)3-9-4-10-5-11(12(15)16)13-7-14(10)6-9/h4-8H,3H2,1-2H3,(H,15,16). The summed E-state index contributed by atoms with van der Waals surface area (Å²) in [5.74, 6) is -0.404. The van der Waals surface area contributed by atoms with Crippen molar-refractivity contribution in [1.82, 2.24) is 9.38 Å². The van der Waals surface area contributed by atoms with Gasteiger partial charge in [-0.05, 0) is 30.0 Å². The van der Waals surface area contributed by atoms with Crippen molar-refractivity contribution in [3.05, 3.63) is 35.9 Å². The second-order valence-corrected chi connectivity index (χ2v) is 4.36. The largest absolute Gasteiger partial charge is 0.477 e. The number of hydrogen-bond donors (Lipinski definition) is 1. The molecule has 84 valence electrons. The van der Waals surface area contributed by atoms with Crippen LogP contribution in [0.15, 0.2) is 24.7 Å². The first-order valence-electron chi connectivity index (χ1n) is 5.26. The lowest BCUT2D eigenvalue weighted by molar-refractivity contribution is 0.0690. The van der Waals surface area contributed by atoms with E-state index >= 15 is 0 Å². The van der Waals surface area contributed by atoms with Gasteiger partial charge in [0.25, 0.3) is 0 Å². The van der Waals surface area contributed by atoms with Crippen molar-refractivity contribution in [1.29, 1.82) is 0 Å². The van der Waals surface area contributed by atoms with Crippen LogP contribution in [0, 0.1) is 5.92 Å². The second-order valence-electron chi connectivity index (χ2n) is 4.36. The van der Waals surface area contributed by atoms with Gasteiger partial charge in [0.15, 0.2) is 5.69 Å². The fraction of sp³-hybridized carbons (Fsp3) is 0.333. The highest BCUT2D eigenvalue weighted by atomic mass is 16.4. The Bertz CT molecular complexity index is 529. The third kappa shape index (κ3) is 2.05. The predicted octanol–water partition coefficient (Wildman–Crippen LogP) is 2.23. The fourth-order valence-electron chi connectivity index (χ4n) is 1.77. The Morgan fingerprint density at radius 1 is 1.50 bits per heavy atom. The van der Waals surface area contributed by atoms with Gasteiger partial charge in [0.2, 0.25) is 0 Å². The van der Waals surface area contributed by atoms with Crippen LogP contribution in [-0.4, -0.2) is 20.5 Å². The minimum Gasteiger partial charge on any atom is -0.477 e. The Kier molecular flexibility index (Phi) is 2.64. The lowest BCUT2D eigenvalue weighted by atomic mass is 10.1. The van der Waals surface area contributed by atoms with Gasteiger partial charge in [0, 0.05) is 11.7 Å². The molecule has 0 fully saturated rings. The molecule has 0 radical (unpaired) electrons. The maximum atomic E-state index is 10.8. The van der Waals surface area contributed by atoms with Crippen LogP contribution in [-0.2, 0) is 6.42 Å². The van der Waals surface area contributed by atoms with Crippen LogP contribution in [0.25, 0.3) is 5.52 Å². The number of aromatic carboxylic acids is 1. The molecule has 1 N–H and O–H groups in total. The molecule has 0 amide bonds. The van der Waals surface area contributed by atoms with Crippen LogP contribution in [0.1, 0.15) is 29.9 Å². The first kappa shape index (κ1) is 10.7. The van der Waals surface area contributed by atoms with Gasteiger partial charge in [-0.1, -0.05) is 13.8 Å². The molecule has 2 aromatic rings. The van der Waals surface area contributed by atoms with E-state index in [0.717, 1.165) is 11.9 Å². The number of carbonyl (C=O) groups is 1. The van der Waals surface area contributed by atoms with E-state index in [1.165, 1.54) is 5.56 Å². The molecule has 4 heteroatoms. The highest BCUT2D eigenvalue weighted by Gasteiger charge is 2.07. The van der Waals surface area contributed by atoms with Crippen LogP contribution in [0.2, 0.25) is 0 Å². The highest BCUT2D eigenvalue weighted by Crippen LogP contribution is 2.14. The lowest BCUT2D eigenvalue weighted by Crippen LogP contribution is -2.00. The van der Waals surface area contributed by atoms with Gasteiger partial charge in [-0.25, -0.2) is 9.78 Å². The summed E-state index contributed by atoms with van der Waals surface area (Å²) >= 11 is 0. The molecule has 16 heavy (non-hydrogen) atoms. The number of hydrogen-bond acceptors (Lipinski definition) is 2. The number of carboxylic acid groups (broad SMARTS) is 1. The fourth-order valence-corrected chi connectivity index (χ4v) is 1.77. The van der Waals surface area contributed by atoms with Gasteiger partial charge >= 0.3 is 5.97 Å². The summed E-state index contributed by atoms with van der Waals surface area (Å²) in [5.41, 5.74) is 2.17. The van der Waals surface area contributed by atoms with Gasteiger partial charge in [0.1, 0.15) is 6.33 Å². The third-order valence-corrected chi connectivity index (χ3v) is 2.41. The maximum absolute atomic E-state index is 10.8. The van der Waals surface area contributed by atoms with Crippen molar-refractivity contribution in [2.75, 3.05) is 0 Å². The van der Waals surface area contributed by atoms with Crippen molar-refractivity contribution in [3.8, 4) is 0 Å². The predicted molar refractivity (Wildman–Crippen MR) is 60.7 cm³/mol. The second kappa shape index (κ2) is 3.96. The zero-order valence-corrected chi connectivity index (χ0v) is 9.34. The number of carboxylic acids is 1. The molecule has 2 aromatic heterocycles. The Morgan fingerprint density at radius 3 is 2.88 bits per heavy atom. The SMILES string of the molecule is CC(C)Cc1cc2cc(C(=O)O)ncn2c1. The summed E-state index contributed by atoms with van der Waals surface area (Å²) in [5, 5.41) is 8.82. The molecule has 0 saturated carbocycles. The van der Waals surface area contributed by atoms with Crippen molar-refractivity contribution < 1.29 is 9.90 Å². The van der Waals surface area contributed by atoms with Crippen molar-refractivity contribution in [3.63, 3.8) is 0 Å². The molecule has 0 aliphatic rings. The van der Waals surface area contributed by atoms with Crippen molar-refractivity contribution in [2.24, 2.45) is 5.92 Å². The molecule has 0 aliphatic heterocycles. The zero-order chi connectivity index (χ0) is 11.7. The minimum absolute atomic E-state index is 0.0849. The number of aromatic nitrogens is 2. The smallest absolute Gasteiger partial charge is 0.354 e. The van der Waals surface area contributed by atoms with Gasteiger partial charge in [-0.15, -0.1) is 0 Å². The minimum atomic E-state index is -0.992. The summed E-state index contributed by atoms with van der Waals surface area (Å²) < 4.78 is 1.85. The summed E-state index contributed by atoms with van der Waals surface area (Å²) in [6.45, 7) is 4.31. The molecular formula is C12H14N2O2. The van der Waals surface area contributed by atoms with Crippen LogP contribution < -0.4 is 0 Å². The summed E-state index contributed by atoms with van der Waals surface area (Å²) in [7, 11) is 0. The van der Waals surface area contributed by atoms with E-state index in [0.29, 0.717) is 5.92 Å². The third-order valence-electron chi connectivity index (χ3n) is 2.41. The Morgan fingerprint density at radius 2 is 2.25 bits per heavy atom. The van der Waals surface area contributed by atoms with Crippen molar-refractivity contribution >= 4 is 11.5 Å². The van der Waals surface area contributed by atoms with Crippen molar-refractivity contribution in [2.45, 2.75) is 20.3 Å². The first-order chi connectivity index (χ1) is 7.56. The summed E-state index contributed by atoms with van der Waals surface area (Å²) in [4.78, 5) is 14.6. The average molecular weight is 218 g/mol. The van der Waals surface area contributed by atoms with E-state index in [4.69, 9.17) is 5.11 Å². The number of rotatable bonds is 3. The van der Waals surface area contributed by atoms with Crippen LogP contribution in [0.4, 0.5) is 0 Å². The number of fused-ring (bicyclic) bond motifs is 1. The molecule has 0 bridgehead atoms. The molecular weight excluding hydrogens is 204 g/mol. The van der Waals surface area contributed by atoms with E-state index in [9.17, 15) is 4.79 Å². The molecule has 4 nitrogen and oxygen atoms in total. The maximum Gasteiger partial charge on any atom is 0.354 e. The first-order valence-corrected chi connectivity index (χ1v) is 5.26. The topological polar surface area (TPSA) is 54.6 Å². The van der Waals surface area contributed by atoms with Gasteiger partial charge in [-0.2, -0.15) is 0 Å². The molecule has 2 heterocycles. The monoisotopic (exact) mass is 218 g/mol. The lowest BCUT2D eigenvalue weighted by Gasteiger charge is -1.99. The summed E-state index contributed by atoms with van der Waals surface area (Å²) in [6, 6.07) is 3.60. The quantitative estimate of drug-likeness (QED) is 0.859. The average Bonchev–Trinajstić information content (AvgIpc) is 2.56. The Labute approximate surface area is 93.5 Å². The van der Waals surface area contributed by atoms with Gasteiger partial charge < -0.3 is 9.51 Å². The van der Waals surface area contributed by atoms with E-state index in [1.807, 2.05) is 16.7 Å².